The minimum absolute atomic E-state index is 0.0790. The number of hydrogen-bond acceptors (Lipinski definition) is 6. The summed E-state index contributed by atoms with van der Waals surface area (Å²) in [5.41, 5.74) is 16.7. The van der Waals surface area contributed by atoms with Gasteiger partial charge < -0.3 is 9.80 Å². The predicted octanol–water partition coefficient (Wildman–Crippen LogP) is 14.5. The monoisotopic (exact) mass is 758 g/mol. The summed E-state index contributed by atoms with van der Waals surface area (Å²) in [5, 5.41) is 2.04. The third-order valence-electron chi connectivity index (χ3n) is 11.9. The van der Waals surface area contributed by atoms with E-state index in [0.717, 1.165) is 53.0 Å². The van der Waals surface area contributed by atoms with Gasteiger partial charge in [-0.25, -0.2) is 9.97 Å². The van der Waals surface area contributed by atoms with E-state index in [1.54, 1.807) is 22.7 Å². The van der Waals surface area contributed by atoms with Gasteiger partial charge in [-0.15, -0.1) is 22.7 Å². The third kappa shape index (κ3) is 4.95. The number of rotatable bonds is 4. The lowest BCUT2D eigenvalue weighted by molar-refractivity contribution is 0.632. The Balaban J connectivity index is 0.889. The fourth-order valence-electron chi connectivity index (χ4n) is 9.00. The Kier molecular flexibility index (Phi) is 7.25. The number of hydrogen-bond donors (Lipinski definition) is 0. The van der Waals surface area contributed by atoms with Crippen molar-refractivity contribution >= 4 is 77.2 Å². The van der Waals surface area contributed by atoms with Crippen molar-refractivity contribution in [2.45, 2.75) is 38.5 Å². The molecular formula is C50H38N4S2. The molecule has 2 aromatic heterocycles. The van der Waals surface area contributed by atoms with Gasteiger partial charge in [0.15, 0.2) is 0 Å². The maximum absolute atomic E-state index is 5.14. The molecule has 270 valence electrons. The van der Waals surface area contributed by atoms with Crippen LogP contribution in [0.1, 0.15) is 49.9 Å². The second-order valence-corrected chi connectivity index (χ2v) is 18.0. The topological polar surface area (TPSA) is 32.3 Å². The zero-order valence-corrected chi connectivity index (χ0v) is 33.2. The fourth-order valence-corrected chi connectivity index (χ4v) is 11.0. The van der Waals surface area contributed by atoms with Gasteiger partial charge >= 0.3 is 0 Å². The molecule has 0 N–H and O–H groups in total. The first-order valence-corrected chi connectivity index (χ1v) is 20.8. The van der Waals surface area contributed by atoms with Crippen molar-refractivity contribution in [2.24, 2.45) is 0 Å². The number of aromatic nitrogens is 2. The molecule has 0 bridgehead atoms. The van der Waals surface area contributed by atoms with Crippen molar-refractivity contribution in [3.63, 3.8) is 0 Å². The van der Waals surface area contributed by atoms with E-state index in [0.29, 0.717) is 0 Å². The molecule has 0 spiro atoms. The quantitative estimate of drug-likeness (QED) is 0.179. The summed E-state index contributed by atoms with van der Waals surface area (Å²) in [6.07, 6.45) is 0. The number of para-hydroxylation sites is 4. The molecule has 56 heavy (non-hydrogen) atoms. The molecule has 2 aliphatic heterocycles. The molecule has 7 aromatic carbocycles. The van der Waals surface area contributed by atoms with E-state index in [-0.39, 0.29) is 10.8 Å². The van der Waals surface area contributed by atoms with Gasteiger partial charge in [-0.3, -0.25) is 0 Å². The second-order valence-electron chi connectivity index (χ2n) is 15.9. The number of nitrogens with zero attached hydrogens (tertiary/aromatic N) is 4. The molecule has 0 radical (unpaired) electrons. The molecule has 0 aliphatic carbocycles. The molecule has 0 saturated carbocycles. The van der Waals surface area contributed by atoms with Crippen LogP contribution in [0.2, 0.25) is 0 Å². The first-order valence-electron chi connectivity index (χ1n) is 19.2. The van der Waals surface area contributed by atoms with Crippen LogP contribution in [0.4, 0.5) is 34.1 Å². The molecule has 0 saturated heterocycles. The van der Waals surface area contributed by atoms with Crippen LogP contribution in [-0.4, -0.2) is 9.97 Å². The first-order chi connectivity index (χ1) is 27.3. The van der Waals surface area contributed by atoms with Crippen LogP contribution in [0.25, 0.3) is 41.6 Å². The molecule has 6 heteroatoms. The maximum atomic E-state index is 5.14. The number of fused-ring (bicyclic) bond motifs is 6. The Morgan fingerprint density at radius 1 is 0.393 bits per heavy atom. The molecule has 11 rings (SSSR count). The molecule has 0 atom stereocenters. The van der Waals surface area contributed by atoms with Crippen LogP contribution in [0.3, 0.4) is 0 Å². The van der Waals surface area contributed by atoms with Gasteiger partial charge in [0.2, 0.25) is 0 Å². The first kappa shape index (κ1) is 33.3. The summed E-state index contributed by atoms with van der Waals surface area (Å²) < 4.78 is 2.30. The van der Waals surface area contributed by atoms with Crippen LogP contribution in [0, 0.1) is 0 Å². The summed E-state index contributed by atoms with van der Waals surface area (Å²) >= 11 is 3.46. The summed E-state index contributed by atoms with van der Waals surface area (Å²) in [6.45, 7) is 9.30. The van der Waals surface area contributed by atoms with Gasteiger partial charge in [0.25, 0.3) is 0 Å². The van der Waals surface area contributed by atoms with Crippen LogP contribution < -0.4 is 9.80 Å². The largest absolute Gasteiger partial charge is 0.310 e. The summed E-state index contributed by atoms with van der Waals surface area (Å²) in [6, 6.07) is 57.4. The van der Waals surface area contributed by atoms with E-state index < -0.39 is 0 Å². The highest BCUT2D eigenvalue weighted by molar-refractivity contribution is 7.23. The smallest absolute Gasteiger partial charge is 0.124 e. The van der Waals surface area contributed by atoms with Crippen molar-refractivity contribution < 1.29 is 0 Å². The Labute approximate surface area is 335 Å². The normalized spacial score (nSPS) is 15.0. The molecule has 0 amide bonds. The van der Waals surface area contributed by atoms with Crippen LogP contribution in [0.5, 0.6) is 0 Å². The zero-order valence-electron chi connectivity index (χ0n) is 31.6. The lowest BCUT2D eigenvalue weighted by atomic mass is 9.73. The van der Waals surface area contributed by atoms with Crippen LogP contribution in [0.15, 0.2) is 158 Å². The molecule has 0 fully saturated rings. The molecule has 9 aromatic rings. The highest BCUT2D eigenvalue weighted by Gasteiger charge is 2.37. The number of anilines is 6. The minimum atomic E-state index is -0.0790. The van der Waals surface area contributed by atoms with Gasteiger partial charge in [0.1, 0.15) is 10.0 Å². The van der Waals surface area contributed by atoms with E-state index in [1.165, 1.54) is 45.0 Å². The van der Waals surface area contributed by atoms with Crippen molar-refractivity contribution in [3.05, 3.63) is 180 Å². The van der Waals surface area contributed by atoms with Gasteiger partial charge in [0.05, 0.1) is 43.2 Å². The second kappa shape index (κ2) is 12.2. The zero-order chi connectivity index (χ0) is 37.8. The lowest BCUT2D eigenvalue weighted by Gasteiger charge is -2.42. The van der Waals surface area contributed by atoms with Crippen molar-refractivity contribution in [2.75, 3.05) is 9.80 Å². The molecule has 0 unspecified atom stereocenters. The summed E-state index contributed by atoms with van der Waals surface area (Å²) in [4.78, 5) is 15.1. The highest BCUT2D eigenvalue weighted by atomic mass is 32.1. The van der Waals surface area contributed by atoms with E-state index >= 15 is 0 Å². The highest BCUT2D eigenvalue weighted by Crippen LogP contribution is 2.53. The molecular weight excluding hydrogens is 721 g/mol. The van der Waals surface area contributed by atoms with E-state index in [2.05, 4.69) is 195 Å². The van der Waals surface area contributed by atoms with Crippen molar-refractivity contribution in [1.29, 1.82) is 0 Å². The lowest BCUT2D eigenvalue weighted by Crippen LogP contribution is -2.30. The Morgan fingerprint density at radius 3 is 1.02 bits per heavy atom. The molecule has 2 aliphatic rings. The van der Waals surface area contributed by atoms with Gasteiger partial charge in [-0.05, 0) is 107 Å². The third-order valence-corrected chi connectivity index (χ3v) is 14.1. The van der Waals surface area contributed by atoms with Crippen LogP contribution >= 0.6 is 22.7 Å². The molecule has 4 nitrogen and oxygen atoms in total. The van der Waals surface area contributed by atoms with Gasteiger partial charge in [0, 0.05) is 33.3 Å². The van der Waals surface area contributed by atoms with Gasteiger partial charge in [-0.2, -0.15) is 0 Å². The average Bonchev–Trinajstić information content (AvgIpc) is 3.84. The number of thiazole rings is 2. The van der Waals surface area contributed by atoms with E-state index in [4.69, 9.17) is 9.97 Å². The van der Waals surface area contributed by atoms with E-state index in [9.17, 15) is 0 Å². The Hall–Kier alpha value is -6.08. The average molecular weight is 759 g/mol. The van der Waals surface area contributed by atoms with Gasteiger partial charge in [-0.1, -0.05) is 100 Å². The van der Waals surface area contributed by atoms with Crippen molar-refractivity contribution in [3.8, 4) is 21.1 Å². The van der Waals surface area contributed by atoms with Crippen molar-refractivity contribution in [1.82, 2.24) is 9.97 Å². The Bertz CT molecular complexity index is 2640. The SMILES string of the molecule is CC1(C)c2ccccc2N(c2ccc(-c3nc4cc5sc(-c6ccc(N7c8ccccc8C(C)(C)c8ccccc87)cc6)nc5cc4s3)cc2)c2ccccc21. The maximum Gasteiger partial charge on any atom is 0.124 e. The summed E-state index contributed by atoms with van der Waals surface area (Å²) in [5.74, 6) is 0. The Morgan fingerprint density at radius 2 is 0.696 bits per heavy atom. The van der Waals surface area contributed by atoms with E-state index in [1.807, 2.05) is 0 Å². The molecule has 4 heterocycles. The fraction of sp³-hybridized carbons (Fsp3) is 0.120. The van der Waals surface area contributed by atoms with Crippen LogP contribution in [-0.2, 0) is 10.8 Å². The summed E-state index contributed by atoms with van der Waals surface area (Å²) in [7, 11) is 0. The standard InChI is InChI=1S/C50H38N4S2/c1-49(2)35-13-5-9-17-41(35)53(42-18-10-6-14-36(42)49)33-25-21-31(22-26-33)47-51-39-29-46-40(30-45(39)55-47)52-48(56-46)32-23-27-34(28-24-32)54-43-19-11-7-15-37(43)50(3,4)38-16-8-12-20-44(38)54/h5-30H,1-4H3. The number of benzene rings is 7. The predicted molar refractivity (Wildman–Crippen MR) is 237 cm³/mol. The minimum Gasteiger partial charge on any atom is -0.310 e.